The number of imidazole rings is 1. The molecule has 1 amide bonds. The Kier molecular flexibility index (Phi) is 7.20. The minimum Gasteiger partial charge on any atom is -0.489 e. The summed E-state index contributed by atoms with van der Waals surface area (Å²) in [6.45, 7) is 5.34. The van der Waals surface area contributed by atoms with Crippen molar-refractivity contribution in [2.24, 2.45) is 0 Å². The van der Waals surface area contributed by atoms with Crippen molar-refractivity contribution in [1.82, 2.24) is 14.9 Å². The molecule has 5 nitrogen and oxygen atoms in total. The average Bonchev–Trinajstić information content (AvgIpc) is 3.21. The molecule has 168 valence electrons. The van der Waals surface area contributed by atoms with E-state index in [4.69, 9.17) is 9.72 Å². The molecular formula is C28H29N3O2. The van der Waals surface area contributed by atoms with Crippen molar-refractivity contribution in [2.75, 3.05) is 6.54 Å². The van der Waals surface area contributed by atoms with E-state index in [-0.39, 0.29) is 5.91 Å². The van der Waals surface area contributed by atoms with Crippen LogP contribution in [0.15, 0.2) is 84.9 Å². The zero-order valence-corrected chi connectivity index (χ0v) is 19.1. The van der Waals surface area contributed by atoms with Gasteiger partial charge in [0.25, 0.3) is 0 Å². The second kappa shape index (κ2) is 10.6. The number of amides is 1. The van der Waals surface area contributed by atoms with E-state index < -0.39 is 0 Å². The summed E-state index contributed by atoms with van der Waals surface area (Å²) in [7, 11) is 0. The lowest BCUT2D eigenvalue weighted by Crippen LogP contribution is -2.24. The van der Waals surface area contributed by atoms with E-state index in [1.54, 1.807) is 12.2 Å². The molecule has 0 spiro atoms. The van der Waals surface area contributed by atoms with Crippen LogP contribution < -0.4 is 10.1 Å². The van der Waals surface area contributed by atoms with Gasteiger partial charge in [-0.1, -0.05) is 54.6 Å². The van der Waals surface area contributed by atoms with Crippen LogP contribution in [-0.4, -0.2) is 22.0 Å². The van der Waals surface area contributed by atoms with Crippen molar-refractivity contribution in [3.05, 3.63) is 102 Å². The van der Waals surface area contributed by atoms with E-state index in [9.17, 15) is 4.79 Å². The number of carbonyl (C=O) groups is 1. The number of para-hydroxylation sites is 2. The van der Waals surface area contributed by atoms with Gasteiger partial charge < -0.3 is 14.6 Å². The molecule has 0 aliphatic heterocycles. The lowest BCUT2D eigenvalue weighted by molar-refractivity contribution is -0.116. The fourth-order valence-corrected chi connectivity index (χ4v) is 3.82. The number of fused-ring (bicyclic) bond motifs is 1. The number of carbonyl (C=O) groups excluding carboxylic acids is 1. The zero-order valence-electron chi connectivity index (χ0n) is 19.1. The molecule has 3 aromatic carbocycles. The highest BCUT2D eigenvalue weighted by atomic mass is 16.5. The smallest absolute Gasteiger partial charge is 0.244 e. The number of nitrogens with zero attached hydrogens (tertiary/aromatic N) is 2. The highest BCUT2D eigenvalue weighted by Gasteiger charge is 2.12. The summed E-state index contributed by atoms with van der Waals surface area (Å²) in [4.78, 5) is 17.1. The molecule has 0 unspecified atom stereocenters. The van der Waals surface area contributed by atoms with Crippen molar-refractivity contribution >= 4 is 23.0 Å². The molecule has 1 heterocycles. The number of aromatic nitrogens is 2. The molecule has 0 atom stereocenters. The Labute approximate surface area is 194 Å². The molecule has 0 radical (unpaired) electrons. The van der Waals surface area contributed by atoms with Gasteiger partial charge in [-0.05, 0) is 55.3 Å². The first-order valence-electron chi connectivity index (χ1n) is 11.3. The number of hydrogen-bond acceptors (Lipinski definition) is 3. The fraction of sp³-hybridized carbons (Fsp3) is 0.214. The average molecular weight is 440 g/mol. The van der Waals surface area contributed by atoms with Crippen LogP contribution in [0.1, 0.15) is 36.8 Å². The molecule has 4 rings (SSSR count). The van der Waals surface area contributed by atoms with Gasteiger partial charge in [-0.3, -0.25) is 4.79 Å². The normalized spacial score (nSPS) is 11.4. The fourth-order valence-electron chi connectivity index (χ4n) is 3.82. The molecule has 33 heavy (non-hydrogen) atoms. The third kappa shape index (κ3) is 5.89. The van der Waals surface area contributed by atoms with E-state index in [0.29, 0.717) is 25.6 Å². The van der Waals surface area contributed by atoms with E-state index in [0.717, 1.165) is 33.7 Å². The van der Waals surface area contributed by atoms with Gasteiger partial charge in [0.2, 0.25) is 5.91 Å². The first-order valence-corrected chi connectivity index (χ1v) is 11.3. The second-order valence-electron chi connectivity index (χ2n) is 8.20. The van der Waals surface area contributed by atoms with Gasteiger partial charge in [0.05, 0.1) is 11.0 Å². The van der Waals surface area contributed by atoms with E-state index >= 15 is 0 Å². The highest BCUT2D eigenvalue weighted by molar-refractivity contribution is 5.91. The predicted molar refractivity (Wildman–Crippen MR) is 133 cm³/mol. The summed E-state index contributed by atoms with van der Waals surface area (Å²) in [6.07, 6.45) is 4.03. The Hall–Kier alpha value is -3.86. The SMILES string of the molecule is CC(C)n1c(CCNC(=O)/C=C/c2cccc(OCc3ccccc3)c2)nc2ccccc21. The summed E-state index contributed by atoms with van der Waals surface area (Å²) in [5.74, 6) is 1.63. The molecular weight excluding hydrogens is 410 g/mol. The van der Waals surface area contributed by atoms with Gasteiger partial charge in [0.15, 0.2) is 0 Å². The van der Waals surface area contributed by atoms with Crippen molar-refractivity contribution < 1.29 is 9.53 Å². The van der Waals surface area contributed by atoms with Crippen molar-refractivity contribution in [3.8, 4) is 5.75 Å². The third-order valence-electron chi connectivity index (χ3n) is 5.37. The maximum Gasteiger partial charge on any atom is 0.244 e. The van der Waals surface area contributed by atoms with Gasteiger partial charge in [0, 0.05) is 25.1 Å². The van der Waals surface area contributed by atoms with Gasteiger partial charge in [0.1, 0.15) is 18.2 Å². The molecule has 5 heteroatoms. The Morgan fingerprint density at radius 1 is 1.03 bits per heavy atom. The quantitative estimate of drug-likeness (QED) is 0.347. The van der Waals surface area contributed by atoms with Crippen LogP contribution in [0.3, 0.4) is 0 Å². The lowest BCUT2D eigenvalue weighted by atomic mass is 10.2. The monoisotopic (exact) mass is 439 g/mol. The number of rotatable bonds is 9. The lowest BCUT2D eigenvalue weighted by Gasteiger charge is -2.13. The Morgan fingerprint density at radius 2 is 1.82 bits per heavy atom. The van der Waals surface area contributed by atoms with Crippen molar-refractivity contribution in [3.63, 3.8) is 0 Å². The second-order valence-corrected chi connectivity index (χ2v) is 8.20. The molecule has 1 aromatic heterocycles. The standard InChI is InChI=1S/C28H29N3O2/c1-21(2)31-26-14-7-6-13-25(26)30-27(31)17-18-29-28(32)16-15-22-11-8-12-24(19-22)33-20-23-9-4-3-5-10-23/h3-16,19,21H,17-18,20H2,1-2H3,(H,29,32)/b16-15+. The molecule has 1 N–H and O–H groups in total. The van der Waals surface area contributed by atoms with Gasteiger partial charge in [-0.15, -0.1) is 0 Å². The van der Waals surface area contributed by atoms with E-state index in [1.165, 1.54) is 0 Å². The van der Waals surface area contributed by atoms with Crippen LogP contribution in [0.2, 0.25) is 0 Å². The van der Waals surface area contributed by atoms with Crippen LogP contribution in [-0.2, 0) is 17.8 Å². The topological polar surface area (TPSA) is 56.2 Å². The van der Waals surface area contributed by atoms with Crippen molar-refractivity contribution in [2.45, 2.75) is 32.9 Å². The maximum atomic E-state index is 12.3. The molecule has 0 bridgehead atoms. The van der Waals surface area contributed by atoms with E-state index in [1.807, 2.05) is 72.8 Å². The molecule has 0 saturated carbocycles. The molecule has 0 aliphatic rings. The van der Waals surface area contributed by atoms with Crippen LogP contribution in [0, 0.1) is 0 Å². The first-order chi connectivity index (χ1) is 16.1. The maximum absolute atomic E-state index is 12.3. The van der Waals surface area contributed by atoms with Crippen LogP contribution in [0.4, 0.5) is 0 Å². The summed E-state index contributed by atoms with van der Waals surface area (Å²) in [5.41, 5.74) is 4.14. The van der Waals surface area contributed by atoms with E-state index in [2.05, 4.69) is 29.8 Å². The number of benzene rings is 3. The minimum atomic E-state index is -0.127. The minimum absolute atomic E-state index is 0.127. The van der Waals surface area contributed by atoms with Gasteiger partial charge in [-0.25, -0.2) is 4.98 Å². The van der Waals surface area contributed by atoms with Crippen LogP contribution in [0.25, 0.3) is 17.1 Å². The first kappa shape index (κ1) is 22.3. The third-order valence-corrected chi connectivity index (χ3v) is 5.37. The Balaban J connectivity index is 1.31. The highest BCUT2D eigenvalue weighted by Crippen LogP contribution is 2.21. The van der Waals surface area contributed by atoms with Gasteiger partial charge >= 0.3 is 0 Å². The molecule has 0 aliphatic carbocycles. The Morgan fingerprint density at radius 3 is 2.64 bits per heavy atom. The number of nitrogens with one attached hydrogen (secondary N) is 1. The number of hydrogen-bond donors (Lipinski definition) is 1. The number of ether oxygens (including phenoxy) is 1. The summed E-state index contributed by atoms with van der Waals surface area (Å²) in [5, 5.41) is 2.96. The zero-order chi connectivity index (χ0) is 23.0. The van der Waals surface area contributed by atoms with Crippen molar-refractivity contribution in [1.29, 1.82) is 0 Å². The Bertz CT molecular complexity index is 1240. The van der Waals surface area contributed by atoms with Crippen LogP contribution >= 0.6 is 0 Å². The molecule has 4 aromatic rings. The summed E-state index contributed by atoms with van der Waals surface area (Å²) in [6, 6.07) is 26.2. The van der Waals surface area contributed by atoms with Crippen LogP contribution in [0.5, 0.6) is 5.75 Å². The molecule has 0 saturated heterocycles. The summed E-state index contributed by atoms with van der Waals surface area (Å²) >= 11 is 0. The summed E-state index contributed by atoms with van der Waals surface area (Å²) < 4.78 is 8.10. The molecule has 0 fully saturated rings. The largest absolute Gasteiger partial charge is 0.489 e. The van der Waals surface area contributed by atoms with Gasteiger partial charge in [-0.2, -0.15) is 0 Å². The predicted octanol–water partition coefficient (Wildman–Crippen LogP) is 5.57.